The van der Waals surface area contributed by atoms with E-state index in [0.29, 0.717) is 19.2 Å². The summed E-state index contributed by atoms with van der Waals surface area (Å²) in [5.41, 5.74) is 5.83. The van der Waals surface area contributed by atoms with E-state index in [9.17, 15) is 0 Å². The second-order valence-electron chi connectivity index (χ2n) is 4.59. The molecule has 0 bridgehead atoms. The highest BCUT2D eigenvalue weighted by molar-refractivity contribution is 5.39. The van der Waals surface area contributed by atoms with Crippen LogP contribution in [0.1, 0.15) is 12.8 Å². The normalized spacial score (nSPS) is 17.7. The quantitative estimate of drug-likeness (QED) is 0.831. The van der Waals surface area contributed by atoms with Crippen LogP contribution < -0.4 is 15.2 Å². The van der Waals surface area contributed by atoms with Gasteiger partial charge in [-0.1, -0.05) is 12.1 Å². The van der Waals surface area contributed by atoms with E-state index in [0.717, 1.165) is 24.6 Å². The summed E-state index contributed by atoms with van der Waals surface area (Å²) < 4.78 is 11.1. The number of hydrogen-bond donors (Lipinski definition) is 1. The summed E-state index contributed by atoms with van der Waals surface area (Å²) in [7, 11) is 1.66. The molecule has 0 saturated carbocycles. The van der Waals surface area contributed by atoms with E-state index in [-0.39, 0.29) is 0 Å². The first-order valence-corrected chi connectivity index (χ1v) is 6.55. The molecule has 2 rings (SSSR count). The van der Waals surface area contributed by atoms with E-state index in [1.807, 2.05) is 24.3 Å². The Morgan fingerprint density at radius 2 is 1.89 bits per heavy atom. The summed E-state index contributed by atoms with van der Waals surface area (Å²) in [5, 5.41) is 0. The minimum absolute atomic E-state index is 0.303. The second-order valence-corrected chi connectivity index (χ2v) is 4.59. The fourth-order valence-electron chi connectivity index (χ4n) is 2.35. The van der Waals surface area contributed by atoms with Gasteiger partial charge in [0.1, 0.15) is 6.61 Å². The largest absolute Gasteiger partial charge is 0.493 e. The summed E-state index contributed by atoms with van der Waals surface area (Å²) in [6.45, 7) is 3.53. The number of likely N-dealkylation sites (tertiary alicyclic amines) is 1. The highest BCUT2D eigenvalue weighted by atomic mass is 16.5. The molecule has 0 spiro atoms. The van der Waals surface area contributed by atoms with Gasteiger partial charge in [0.25, 0.3) is 0 Å². The molecular formula is C14H22N2O2. The molecule has 4 nitrogen and oxygen atoms in total. The number of methoxy groups -OCH3 is 1. The molecule has 1 heterocycles. The van der Waals surface area contributed by atoms with E-state index in [2.05, 4.69) is 4.90 Å². The van der Waals surface area contributed by atoms with Crippen LogP contribution >= 0.6 is 0 Å². The first-order chi connectivity index (χ1) is 8.85. The van der Waals surface area contributed by atoms with Crippen molar-refractivity contribution in [3.05, 3.63) is 24.3 Å². The van der Waals surface area contributed by atoms with Gasteiger partial charge in [0.2, 0.25) is 0 Å². The Morgan fingerprint density at radius 1 is 1.22 bits per heavy atom. The Balaban J connectivity index is 1.92. The molecule has 2 N–H and O–H groups in total. The van der Waals surface area contributed by atoms with Gasteiger partial charge in [-0.15, -0.1) is 0 Å². The van der Waals surface area contributed by atoms with Gasteiger partial charge >= 0.3 is 0 Å². The molecule has 1 aromatic carbocycles. The molecule has 1 aromatic rings. The van der Waals surface area contributed by atoms with Crippen molar-refractivity contribution in [3.63, 3.8) is 0 Å². The van der Waals surface area contributed by atoms with Crippen molar-refractivity contribution in [1.82, 2.24) is 4.90 Å². The lowest BCUT2D eigenvalue weighted by Crippen LogP contribution is -2.42. The Kier molecular flexibility index (Phi) is 4.84. The molecule has 0 radical (unpaired) electrons. The van der Waals surface area contributed by atoms with Crippen molar-refractivity contribution in [2.75, 3.05) is 33.4 Å². The van der Waals surface area contributed by atoms with Gasteiger partial charge < -0.3 is 15.2 Å². The Labute approximate surface area is 109 Å². The molecular weight excluding hydrogens is 228 g/mol. The topological polar surface area (TPSA) is 47.7 Å². The highest BCUT2D eigenvalue weighted by Crippen LogP contribution is 2.26. The van der Waals surface area contributed by atoms with Gasteiger partial charge in [-0.25, -0.2) is 0 Å². The van der Waals surface area contributed by atoms with Gasteiger partial charge in [0.15, 0.2) is 11.5 Å². The molecule has 1 unspecified atom stereocenters. The van der Waals surface area contributed by atoms with Crippen molar-refractivity contribution in [3.8, 4) is 11.5 Å². The van der Waals surface area contributed by atoms with Gasteiger partial charge in [0, 0.05) is 6.54 Å². The van der Waals surface area contributed by atoms with E-state index in [1.54, 1.807) is 7.11 Å². The molecule has 1 fully saturated rings. The first kappa shape index (κ1) is 13.2. The molecule has 1 aliphatic rings. The summed E-state index contributed by atoms with van der Waals surface area (Å²) >= 11 is 0. The number of ether oxygens (including phenoxy) is 2. The van der Waals surface area contributed by atoms with Gasteiger partial charge in [-0.2, -0.15) is 0 Å². The van der Waals surface area contributed by atoms with Crippen molar-refractivity contribution in [2.24, 2.45) is 5.73 Å². The molecule has 4 heteroatoms. The number of nitrogens with zero attached hydrogens (tertiary/aromatic N) is 1. The molecule has 0 aliphatic carbocycles. The zero-order chi connectivity index (χ0) is 12.8. The van der Waals surface area contributed by atoms with Gasteiger partial charge in [-0.05, 0) is 38.1 Å². The number of benzene rings is 1. The first-order valence-electron chi connectivity index (χ1n) is 6.55. The Bertz CT molecular complexity index is 365. The lowest BCUT2D eigenvalue weighted by atomic mass is 10.2. The van der Waals surface area contributed by atoms with Crippen LogP contribution in [0.4, 0.5) is 0 Å². The maximum absolute atomic E-state index is 5.85. The zero-order valence-corrected chi connectivity index (χ0v) is 11.0. The van der Waals surface area contributed by atoms with Crippen LogP contribution in [0, 0.1) is 0 Å². The van der Waals surface area contributed by atoms with Crippen LogP contribution in [-0.4, -0.2) is 44.3 Å². The van der Waals surface area contributed by atoms with Crippen molar-refractivity contribution < 1.29 is 9.47 Å². The fourth-order valence-corrected chi connectivity index (χ4v) is 2.35. The zero-order valence-electron chi connectivity index (χ0n) is 11.0. The number of hydrogen-bond acceptors (Lipinski definition) is 4. The number of para-hydroxylation sites is 2. The third kappa shape index (κ3) is 3.15. The van der Waals surface area contributed by atoms with Gasteiger partial charge in [-0.3, -0.25) is 4.90 Å². The smallest absolute Gasteiger partial charge is 0.161 e. The second kappa shape index (κ2) is 6.61. The maximum Gasteiger partial charge on any atom is 0.161 e. The molecule has 0 amide bonds. The molecule has 1 aliphatic heterocycles. The monoisotopic (exact) mass is 250 g/mol. The minimum atomic E-state index is 0.303. The number of nitrogens with two attached hydrogens (primary N) is 1. The molecule has 0 aromatic heterocycles. The average Bonchev–Trinajstić information content (AvgIpc) is 2.94. The predicted molar refractivity (Wildman–Crippen MR) is 72.1 cm³/mol. The van der Waals surface area contributed by atoms with Crippen LogP contribution in [-0.2, 0) is 0 Å². The third-order valence-corrected chi connectivity index (χ3v) is 3.43. The molecule has 18 heavy (non-hydrogen) atoms. The minimum Gasteiger partial charge on any atom is -0.493 e. The summed E-state index contributed by atoms with van der Waals surface area (Å²) in [6, 6.07) is 8.02. The van der Waals surface area contributed by atoms with E-state index >= 15 is 0 Å². The van der Waals surface area contributed by atoms with Crippen LogP contribution in [0.2, 0.25) is 0 Å². The van der Waals surface area contributed by atoms with E-state index in [4.69, 9.17) is 15.2 Å². The molecule has 1 saturated heterocycles. The van der Waals surface area contributed by atoms with Crippen molar-refractivity contribution >= 4 is 0 Å². The fraction of sp³-hybridized carbons (Fsp3) is 0.571. The third-order valence-electron chi connectivity index (χ3n) is 3.43. The van der Waals surface area contributed by atoms with Crippen molar-refractivity contribution in [2.45, 2.75) is 18.9 Å². The summed E-state index contributed by atoms with van der Waals surface area (Å²) in [5.74, 6) is 1.56. The lowest BCUT2D eigenvalue weighted by Gasteiger charge is -2.26. The molecule has 100 valence electrons. The average molecular weight is 250 g/mol. The van der Waals surface area contributed by atoms with E-state index < -0.39 is 0 Å². The van der Waals surface area contributed by atoms with E-state index in [1.165, 1.54) is 12.8 Å². The predicted octanol–water partition coefficient (Wildman–Crippen LogP) is 1.50. The summed E-state index contributed by atoms with van der Waals surface area (Å²) in [6.07, 6.45) is 2.54. The number of rotatable bonds is 6. The maximum atomic E-state index is 5.85. The van der Waals surface area contributed by atoms with Crippen LogP contribution in [0.3, 0.4) is 0 Å². The van der Waals surface area contributed by atoms with Crippen LogP contribution in [0.15, 0.2) is 24.3 Å². The Morgan fingerprint density at radius 3 is 2.50 bits per heavy atom. The summed E-state index contributed by atoms with van der Waals surface area (Å²) in [4.78, 5) is 2.41. The lowest BCUT2D eigenvalue weighted by molar-refractivity contribution is 0.161. The SMILES string of the molecule is COc1ccccc1OCC(CN)N1CCCC1. The van der Waals surface area contributed by atoms with Crippen molar-refractivity contribution in [1.29, 1.82) is 0 Å². The highest BCUT2D eigenvalue weighted by Gasteiger charge is 2.21. The van der Waals surface area contributed by atoms with Crippen LogP contribution in [0.5, 0.6) is 11.5 Å². The Hall–Kier alpha value is -1.26. The standard InChI is InChI=1S/C14H22N2O2/c1-17-13-6-2-3-7-14(13)18-11-12(10-15)16-8-4-5-9-16/h2-3,6-7,12H,4-5,8-11,15H2,1H3. The van der Waals surface area contributed by atoms with Crippen LogP contribution in [0.25, 0.3) is 0 Å². The molecule has 1 atom stereocenters. The van der Waals surface area contributed by atoms with Gasteiger partial charge in [0.05, 0.1) is 13.2 Å².